The molecule has 0 aliphatic rings. The number of thioether (sulfide) groups is 1. The number of hydrogen-bond acceptors (Lipinski definition) is 4. The predicted octanol–water partition coefficient (Wildman–Crippen LogP) is 3.19. The minimum atomic E-state index is -0.638. The third-order valence-electron chi connectivity index (χ3n) is 3.14. The van der Waals surface area contributed by atoms with Gasteiger partial charge in [-0.1, -0.05) is 25.1 Å². The molecule has 1 aromatic carbocycles. The Labute approximate surface area is 127 Å². The second-order valence-corrected chi connectivity index (χ2v) is 7.15. The number of carbonyl (C=O) groups excluding carboxylic acids is 1. The lowest BCUT2D eigenvalue weighted by atomic mass is 10.2. The first-order valence-corrected chi connectivity index (χ1v) is 8.66. The normalized spacial score (nSPS) is 14.2. The molecule has 1 amide bonds. The maximum absolute atomic E-state index is 11.7. The third-order valence-corrected chi connectivity index (χ3v) is 5.33. The minimum Gasteiger partial charge on any atom is -0.386 e. The van der Waals surface area contributed by atoms with Gasteiger partial charge in [-0.05, 0) is 23.8 Å². The largest absolute Gasteiger partial charge is 0.386 e. The lowest BCUT2D eigenvalue weighted by Gasteiger charge is -2.12. The molecule has 0 saturated carbocycles. The quantitative estimate of drug-likeness (QED) is 0.861. The van der Waals surface area contributed by atoms with Crippen molar-refractivity contribution in [1.29, 1.82) is 0 Å². The summed E-state index contributed by atoms with van der Waals surface area (Å²) in [6, 6.07) is 10.0. The van der Waals surface area contributed by atoms with E-state index in [0.29, 0.717) is 11.7 Å². The standard InChI is InChI=1S/C15H19NO2S2/c1-10(19-2)7-15(18)16-9-12(17)14-8-11-5-3-4-6-13(11)20-14/h3-6,8,10,12,17H,7,9H2,1-2H3,(H,16,18). The van der Waals surface area contributed by atoms with Crippen molar-refractivity contribution in [2.75, 3.05) is 12.8 Å². The fraction of sp³-hybridized carbons (Fsp3) is 0.400. The zero-order valence-electron chi connectivity index (χ0n) is 11.6. The highest BCUT2D eigenvalue weighted by Crippen LogP contribution is 2.29. The average Bonchev–Trinajstić information content (AvgIpc) is 2.88. The molecule has 0 radical (unpaired) electrons. The highest BCUT2D eigenvalue weighted by atomic mass is 32.2. The summed E-state index contributed by atoms with van der Waals surface area (Å²) >= 11 is 3.24. The Morgan fingerprint density at radius 3 is 2.90 bits per heavy atom. The van der Waals surface area contributed by atoms with Gasteiger partial charge in [0.1, 0.15) is 6.10 Å². The van der Waals surface area contributed by atoms with Crippen LogP contribution in [0.5, 0.6) is 0 Å². The number of nitrogens with one attached hydrogen (secondary N) is 1. The zero-order chi connectivity index (χ0) is 14.5. The highest BCUT2D eigenvalue weighted by molar-refractivity contribution is 7.99. The van der Waals surface area contributed by atoms with Crippen LogP contribution in [-0.4, -0.2) is 29.1 Å². The number of rotatable bonds is 6. The van der Waals surface area contributed by atoms with E-state index in [-0.39, 0.29) is 12.5 Å². The molecule has 20 heavy (non-hydrogen) atoms. The Bertz CT molecular complexity index is 549. The van der Waals surface area contributed by atoms with Gasteiger partial charge in [0, 0.05) is 27.8 Å². The molecule has 5 heteroatoms. The Balaban J connectivity index is 1.91. The van der Waals surface area contributed by atoms with Gasteiger partial charge in [-0.25, -0.2) is 0 Å². The summed E-state index contributed by atoms with van der Waals surface area (Å²) in [5.74, 6) is -0.00740. The molecule has 3 nitrogen and oxygen atoms in total. The van der Waals surface area contributed by atoms with Crippen LogP contribution in [-0.2, 0) is 4.79 Å². The van der Waals surface area contributed by atoms with Crippen molar-refractivity contribution >= 4 is 39.1 Å². The van der Waals surface area contributed by atoms with Crippen LogP contribution in [0.25, 0.3) is 10.1 Å². The molecule has 0 saturated heterocycles. The van der Waals surface area contributed by atoms with Crippen LogP contribution in [0.15, 0.2) is 30.3 Å². The van der Waals surface area contributed by atoms with Crippen molar-refractivity contribution in [2.45, 2.75) is 24.7 Å². The summed E-state index contributed by atoms with van der Waals surface area (Å²) in [6.45, 7) is 2.29. The summed E-state index contributed by atoms with van der Waals surface area (Å²) in [4.78, 5) is 12.6. The maximum atomic E-state index is 11.7. The van der Waals surface area contributed by atoms with E-state index in [0.717, 1.165) is 15.0 Å². The molecular formula is C15H19NO2S2. The molecule has 0 bridgehead atoms. The number of thiophene rings is 1. The molecule has 0 aliphatic heterocycles. The number of fused-ring (bicyclic) bond motifs is 1. The Morgan fingerprint density at radius 1 is 1.45 bits per heavy atom. The summed E-state index contributed by atoms with van der Waals surface area (Å²) in [5, 5.41) is 14.4. The van der Waals surface area contributed by atoms with Crippen LogP contribution in [0.4, 0.5) is 0 Å². The molecule has 0 aliphatic carbocycles. The molecule has 0 fully saturated rings. The molecule has 108 valence electrons. The van der Waals surface area contributed by atoms with Gasteiger partial charge >= 0.3 is 0 Å². The minimum absolute atomic E-state index is 0.00740. The van der Waals surface area contributed by atoms with Gasteiger partial charge in [0.25, 0.3) is 0 Å². The van der Waals surface area contributed by atoms with Crippen molar-refractivity contribution in [2.24, 2.45) is 0 Å². The first-order chi connectivity index (χ1) is 9.60. The zero-order valence-corrected chi connectivity index (χ0v) is 13.3. The van der Waals surface area contributed by atoms with E-state index >= 15 is 0 Å². The van der Waals surface area contributed by atoms with E-state index in [1.165, 1.54) is 0 Å². The van der Waals surface area contributed by atoms with Crippen molar-refractivity contribution < 1.29 is 9.90 Å². The fourth-order valence-electron chi connectivity index (χ4n) is 1.89. The molecule has 2 atom stereocenters. The van der Waals surface area contributed by atoms with E-state index in [1.807, 2.05) is 43.5 Å². The molecular weight excluding hydrogens is 290 g/mol. The van der Waals surface area contributed by atoms with Crippen LogP contribution < -0.4 is 5.32 Å². The molecule has 2 aromatic rings. The van der Waals surface area contributed by atoms with E-state index in [4.69, 9.17) is 0 Å². The Morgan fingerprint density at radius 2 is 2.20 bits per heavy atom. The fourth-order valence-corrected chi connectivity index (χ4v) is 3.26. The van der Waals surface area contributed by atoms with Crippen molar-refractivity contribution in [3.8, 4) is 0 Å². The SMILES string of the molecule is CSC(C)CC(=O)NCC(O)c1cc2ccccc2s1. The van der Waals surface area contributed by atoms with E-state index in [2.05, 4.69) is 5.32 Å². The Kier molecular flexibility index (Phi) is 5.46. The molecule has 1 aromatic heterocycles. The van der Waals surface area contributed by atoms with Crippen LogP contribution in [0.1, 0.15) is 24.3 Å². The molecule has 2 unspecified atom stereocenters. The van der Waals surface area contributed by atoms with Crippen molar-refractivity contribution in [1.82, 2.24) is 5.32 Å². The maximum Gasteiger partial charge on any atom is 0.221 e. The number of hydrogen-bond donors (Lipinski definition) is 2. The smallest absolute Gasteiger partial charge is 0.221 e. The van der Waals surface area contributed by atoms with Gasteiger partial charge in [-0.15, -0.1) is 11.3 Å². The van der Waals surface area contributed by atoms with E-state index < -0.39 is 6.10 Å². The highest BCUT2D eigenvalue weighted by Gasteiger charge is 2.13. The van der Waals surface area contributed by atoms with Crippen molar-refractivity contribution in [3.05, 3.63) is 35.2 Å². The van der Waals surface area contributed by atoms with Gasteiger partial charge in [-0.2, -0.15) is 11.8 Å². The summed E-state index contributed by atoms with van der Waals surface area (Å²) in [7, 11) is 0. The second-order valence-electron chi connectivity index (χ2n) is 4.76. The van der Waals surface area contributed by atoms with Crippen LogP contribution in [0.3, 0.4) is 0 Å². The van der Waals surface area contributed by atoms with Crippen LogP contribution in [0.2, 0.25) is 0 Å². The first-order valence-electron chi connectivity index (χ1n) is 6.56. The van der Waals surface area contributed by atoms with Gasteiger partial charge in [0.05, 0.1) is 0 Å². The van der Waals surface area contributed by atoms with E-state index in [9.17, 15) is 9.90 Å². The predicted molar refractivity (Wildman–Crippen MR) is 87.4 cm³/mol. The van der Waals surface area contributed by atoms with E-state index in [1.54, 1.807) is 23.1 Å². The molecule has 2 rings (SSSR count). The topological polar surface area (TPSA) is 49.3 Å². The summed E-state index contributed by atoms with van der Waals surface area (Å²) in [6.07, 6.45) is 1.84. The molecule has 2 N–H and O–H groups in total. The third kappa shape index (κ3) is 3.98. The average molecular weight is 309 g/mol. The van der Waals surface area contributed by atoms with Gasteiger partial charge in [-0.3, -0.25) is 4.79 Å². The lowest BCUT2D eigenvalue weighted by molar-refractivity contribution is -0.121. The molecule has 0 spiro atoms. The second kappa shape index (κ2) is 7.11. The van der Waals surface area contributed by atoms with Crippen LogP contribution >= 0.6 is 23.1 Å². The summed E-state index contributed by atoms with van der Waals surface area (Å²) < 4.78 is 1.16. The first kappa shape index (κ1) is 15.4. The van der Waals surface area contributed by atoms with Crippen molar-refractivity contribution in [3.63, 3.8) is 0 Å². The molecule has 1 heterocycles. The summed E-state index contributed by atoms with van der Waals surface area (Å²) in [5.41, 5.74) is 0. The number of aliphatic hydroxyl groups is 1. The lowest BCUT2D eigenvalue weighted by Crippen LogP contribution is -2.29. The number of amides is 1. The number of benzene rings is 1. The van der Waals surface area contributed by atoms with Gasteiger partial charge < -0.3 is 10.4 Å². The van der Waals surface area contributed by atoms with Gasteiger partial charge in [0.2, 0.25) is 5.91 Å². The number of carbonyl (C=O) groups is 1. The van der Waals surface area contributed by atoms with Crippen LogP contribution in [0, 0.1) is 0 Å². The number of aliphatic hydroxyl groups excluding tert-OH is 1. The van der Waals surface area contributed by atoms with Gasteiger partial charge in [0.15, 0.2) is 0 Å². The monoisotopic (exact) mass is 309 g/mol. The Hall–Kier alpha value is -1.04.